The second kappa shape index (κ2) is 10.4. The number of hydrogen-bond acceptors (Lipinski definition) is 1. The molecule has 0 fully saturated rings. The van der Waals surface area contributed by atoms with Crippen LogP contribution in [0.3, 0.4) is 0 Å². The first-order valence-electron chi connectivity index (χ1n) is 12.6. The Morgan fingerprint density at radius 3 is 2.05 bits per heavy atom. The van der Waals surface area contributed by atoms with Crippen LogP contribution in [-0.2, 0) is 0 Å². The largest absolute Gasteiger partial charge is 0.355 e. The van der Waals surface area contributed by atoms with Crippen LogP contribution in [0.1, 0.15) is 11.1 Å². The van der Waals surface area contributed by atoms with E-state index in [9.17, 15) is 0 Å². The van der Waals surface area contributed by atoms with Crippen molar-refractivity contribution in [2.75, 3.05) is 5.32 Å². The molecule has 1 nitrogen and oxygen atoms in total. The lowest BCUT2D eigenvalue weighted by Crippen LogP contribution is -1.93. The first kappa shape index (κ1) is 22.6. The van der Waals surface area contributed by atoms with Crippen molar-refractivity contribution in [1.82, 2.24) is 0 Å². The Morgan fingerprint density at radius 1 is 0.459 bits per heavy atom. The molecule has 0 aliphatic heterocycles. The van der Waals surface area contributed by atoms with Gasteiger partial charge >= 0.3 is 0 Å². The third kappa shape index (κ3) is 5.07. The molecule has 0 spiro atoms. The third-order valence-corrected chi connectivity index (χ3v) is 6.68. The molecule has 0 saturated carbocycles. The zero-order chi connectivity index (χ0) is 24.9. The highest BCUT2D eigenvalue weighted by Gasteiger charge is 2.06. The molecule has 37 heavy (non-hydrogen) atoms. The average Bonchev–Trinajstić information content (AvgIpc) is 2.97. The minimum atomic E-state index is 1.06. The molecule has 1 N–H and O–H groups in total. The number of anilines is 2. The highest BCUT2D eigenvalue weighted by Crippen LogP contribution is 2.32. The van der Waals surface area contributed by atoms with Gasteiger partial charge in [-0.1, -0.05) is 133 Å². The van der Waals surface area contributed by atoms with Gasteiger partial charge in [-0.3, -0.25) is 0 Å². The number of hydrogen-bond donors (Lipinski definition) is 1. The summed E-state index contributed by atoms with van der Waals surface area (Å²) in [7, 11) is 0. The summed E-state index contributed by atoms with van der Waals surface area (Å²) in [6, 6.07) is 51.3. The van der Waals surface area contributed by atoms with Crippen molar-refractivity contribution in [3.8, 4) is 22.3 Å². The Morgan fingerprint density at radius 2 is 1.16 bits per heavy atom. The summed E-state index contributed by atoms with van der Waals surface area (Å²) >= 11 is 0. The molecule has 0 aromatic heterocycles. The molecule has 6 rings (SSSR count). The molecule has 0 saturated heterocycles. The number of rotatable bonds is 6. The van der Waals surface area contributed by atoms with Gasteiger partial charge in [-0.05, 0) is 68.4 Å². The van der Waals surface area contributed by atoms with Crippen LogP contribution in [0.4, 0.5) is 11.4 Å². The van der Waals surface area contributed by atoms with Gasteiger partial charge < -0.3 is 5.32 Å². The topological polar surface area (TPSA) is 12.0 Å². The van der Waals surface area contributed by atoms with Gasteiger partial charge in [0.25, 0.3) is 0 Å². The van der Waals surface area contributed by atoms with Gasteiger partial charge in [-0.2, -0.15) is 0 Å². The van der Waals surface area contributed by atoms with E-state index in [1.165, 1.54) is 38.6 Å². The van der Waals surface area contributed by atoms with Crippen LogP contribution in [0.2, 0.25) is 0 Å². The number of para-hydroxylation sites is 1. The van der Waals surface area contributed by atoms with Gasteiger partial charge in [0.05, 0.1) is 0 Å². The first-order valence-corrected chi connectivity index (χ1v) is 12.6. The summed E-state index contributed by atoms with van der Waals surface area (Å²) in [6.45, 7) is 0. The lowest BCUT2D eigenvalue weighted by Gasteiger charge is -2.12. The second-order valence-corrected chi connectivity index (χ2v) is 9.14. The van der Waals surface area contributed by atoms with Gasteiger partial charge in [0.15, 0.2) is 0 Å². The molecular weight excluding hydrogens is 446 g/mol. The quantitative estimate of drug-likeness (QED) is 0.237. The molecular formula is C36H27N. The van der Waals surface area contributed by atoms with Crippen molar-refractivity contribution in [2.24, 2.45) is 0 Å². The van der Waals surface area contributed by atoms with E-state index in [0.29, 0.717) is 0 Å². The Hall–Kier alpha value is -4.88. The van der Waals surface area contributed by atoms with Crippen molar-refractivity contribution in [3.63, 3.8) is 0 Å². The molecule has 6 aromatic carbocycles. The van der Waals surface area contributed by atoms with E-state index in [2.05, 4.69) is 157 Å². The summed E-state index contributed by atoms with van der Waals surface area (Å²) in [4.78, 5) is 0. The molecule has 0 radical (unpaired) electrons. The zero-order valence-electron chi connectivity index (χ0n) is 20.5. The maximum atomic E-state index is 3.59. The third-order valence-electron chi connectivity index (χ3n) is 6.68. The normalized spacial score (nSPS) is 11.1. The van der Waals surface area contributed by atoms with Crippen LogP contribution in [0.5, 0.6) is 0 Å². The number of fused-ring (bicyclic) bond motifs is 1. The average molecular weight is 474 g/mol. The molecule has 0 aliphatic carbocycles. The SMILES string of the molecule is C(=C/c1ccccc1Nc1ccc(-c2cccc(-c3cccc4ccccc34)c2)cc1)/c1ccccc1. The van der Waals surface area contributed by atoms with Gasteiger partial charge in [-0.25, -0.2) is 0 Å². The Labute approximate surface area is 218 Å². The number of benzene rings is 6. The molecule has 0 unspecified atom stereocenters. The Balaban J connectivity index is 1.24. The van der Waals surface area contributed by atoms with Gasteiger partial charge in [0.2, 0.25) is 0 Å². The summed E-state index contributed by atoms with van der Waals surface area (Å²) in [6.07, 6.45) is 4.30. The van der Waals surface area contributed by atoms with E-state index in [-0.39, 0.29) is 0 Å². The molecule has 0 atom stereocenters. The highest BCUT2D eigenvalue weighted by molar-refractivity contribution is 5.97. The smallest absolute Gasteiger partial charge is 0.0457 e. The van der Waals surface area contributed by atoms with Crippen molar-refractivity contribution < 1.29 is 0 Å². The van der Waals surface area contributed by atoms with E-state index in [1.54, 1.807) is 0 Å². The fourth-order valence-electron chi connectivity index (χ4n) is 4.75. The van der Waals surface area contributed by atoms with E-state index in [0.717, 1.165) is 16.9 Å². The summed E-state index contributed by atoms with van der Waals surface area (Å²) in [5, 5.41) is 6.14. The van der Waals surface area contributed by atoms with E-state index >= 15 is 0 Å². The fourth-order valence-corrected chi connectivity index (χ4v) is 4.75. The fraction of sp³-hybridized carbons (Fsp3) is 0. The van der Waals surface area contributed by atoms with Crippen molar-refractivity contribution in [3.05, 3.63) is 157 Å². The van der Waals surface area contributed by atoms with Crippen molar-refractivity contribution in [1.29, 1.82) is 0 Å². The molecule has 0 heterocycles. The van der Waals surface area contributed by atoms with Crippen molar-refractivity contribution in [2.45, 2.75) is 0 Å². The predicted octanol–water partition coefficient (Wildman–Crippen LogP) is 10.1. The summed E-state index contributed by atoms with van der Waals surface area (Å²) < 4.78 is 0. The van der Waals surface area contributed by atoms with Crippen LogP contribution >= 0.6 is 0 Å². The minimum Gasteiger partial charge on any atom is -0.355 e. The standard InChI is InChI=1S/C36H27N/c1-2-10-27(11-3-1)20-21-30-13-5-7-19-36(30)37-33-24-22-28(23-25-33)31-15-8-16-32(26-31)35-18-9-14-29-12-4-6-17-34(29)35/h1-26,37H/b21-20-. The predicted molar refractivity (Wildman–Crippen MR) is 160 cm³/mol. The van der Waals surface area contributed by atoms with Gasteiger partial charge in [-0.15, -0.1) is 0 Å². The second-order valence-electron chi connectivity index (χ2n) is 9.14. The van der Waals surface area contributed by atoms with Crippen LogP contribution in [-0.4, -0.2) is 0 Å². The molecule has 0 bridgehead atoms. The van der Waals surface area contributed by atoms with Gasteiger partial charge in [0.1, 0.15) is 0 Å². The Bertz CT molecular complexity index is 1670. The molecule has 1 heteroatoms. The first-order chi connectivity index (χ1) is 18.3. The van der Waals surface area contributed by atoms with E-state index in [4.69, 9.17) is 0 Å². The Kier molecular flexibility index (Phi) is 6.34. The van der Waals surface area contributed by atoms with Crippen molar-refractivity contribution >= 4 is 34.3 Å². The molecule has 6 aromatic rings. The summed E-state index contributed by atoms with van der Waals surface area (Å²) in [5.41, 5.74) is 9.39. The van der Waals surface area contributed by atoms with Crippen LogP contribution in [0, 0.1) is 0 Å². The maximum absolute atomic E-state index is 3.59. The number of nitrogens with one attached hydrogen (secondary N) is 1. The summed E-state index contributed by atoms with van der Waals surface area (Å²) in [5.74, 6) is 0. The van der Waals surface area contributed by atoms with Gasteiger partial charge in [0, 0.05) is 11.4 Å². The zero-order valence-corrected chi connectivity index (χ0v) is 20.5. The van der Waals surface area contributed by atoms with Crippen LogP contribution in [0.25, 0.3) is 45.2 Å². The molecule has 0 aliphatic rings. The van der Waals surface area contributed by atoms with E-state index in [1.807, 2.05) is 6.07 Å². The highest BCUT2D eigenvalue weighted by atomic mass is 14.9. The molecule has 176 valence electrons. The lowest BCUT2D eigenvalue weighted by molar-refractivity contribution is 1.52. The van der Waals surface area contributed by atoms with Crippen LogP contribution in [0.15, 0.2) is 146 Å². The molecule has 0 amide bonds. The minimum absolute atomic E-state index is 1.06. The lowest BCUT2D eigenvalue weighted by atomic mass is 9.95. The monoisotopic (exact) mass is 473 g/mol. The maximum Gasteiger partial charge on any atom is 0.0457 e. The van der Waals surface area contributed by atoms with E-state index < -0.39 is 0 Å². The van der Waals surface area contributed by atoms with Crippen LogP contribution < -0.4 is 5.32 Å².